The number of benzene rings is 1. The van der Waals surface area contributed by atoms with Crippen LogP contribution in [0.5, 0.6) is 5.75 Å². The molecular formula is C14H20O2. The zero-order valence-corrected chi connectivity index (χ0v) is 10.1. The maximum Gasteiger partial charge on any atom is 0.125 e. The molecule has 1 saturated carbocycles. The second kappa shape index (κ2) is 4.88. The zero-order valence-electron chi connectivity index (χ0n) is 10.1. The van der Waals surface area contributed by atoms with Gasteiger partial charge in [0, 0.05) is 5.56 Å². The summed E-state index contributed by atoms with van der Waals surface area (Å²) in [4.78, 5) is 0. The Hall–Kier alpha value is -1.02. The van der Waals surface area contributed by atoms with E-state index in [0.29, 0.717) is 6.10 Å². The van der Waals surface area contributed by atoms with Crippen LogP contribution in [0.25, 0.3) is 0 Å². The number of hydrogen-bond acceptors (Lipinski definition) is 2. The van der Waals surface area contributed by atoms with E-state index >= 15 is 0 Å². The summed E-state index contributed by atoms with van der Waals surface area (Å²) >= 11 is 0. The summed E-state index contributed by atoms with van der Waals surface area (Å²) in [5, 5.41) is 9.78. The summed E-state index contributed by atoms with van der Waals surface area (Å²) in [6.07, 6.45) is 4.71. The molecule has 88 valence electrons. The zero-order chi connectivity index (χ0) is 11.5. The average molecular weight is 220 g/mol. The van der Waals surface area contributed by atoms with Crippen LogP contribution in [0.15, 0.2) is 18.2 Å². The predicted molar refractivity (Wildman–Crippen MR) is 64.7 cm³/mol. The maximum absolute atomic E-state index is 9.78. The molecule has 0 aromatic heterocycles. The number of aliphatic hydroxyl groups is 1. The third-order valence-corrected chi connectivity index (χ3v) is 3.30. The van der Waals surface area contributed by atoms with Gasteiger partial charge in [0.25, 0.3) is 0 Å². The highest BCUT2D eigenvalue weighted by Gasteiger charge is 2.19. The van der Waals surface area contributed by atoms with Gasteiger partial charge in [0.2, 0.25) is 0 Å². The third kappa shape index (κ3) is 2.38. The van der Waals surface area contributed by atoms with Crippen LogP contribution in [-0.2, 0) is 0 Å². The molecule has 2 nitrogen and oxygen atoms in total. The van der Waals surface area contributed by atoms with Crippen LogP contribution in [-0.4, -0.2) is 11.2 Å². The minimum Gasteiger partial charge on any atom is -0.490 e. The van der Waals surface area contributed by atoms with Gasteiger partial charge in [0.1, 0.15) is 5.75 Å². The maximum atomic E-state index is 9.78. The summed E-state index contributed by atoms with van der Waals surface area (Å²) in [5.74, 6) is 0.863. The van der Waals surface area contributed by atoms with Crippen molar-refractivity contribution in [1.82, 2.24) is 0 Å². The first-order valence-corrected chi connectivity index (χ1v) is 6.12. The lowest BCUT2D eigenvalue weighted by Gasteiger charge is -2.19. The fourth-order valence-corrected chi connectivity index (χ4v) is 2.48. The van der Waals surface area contributed by atoms with Gasteiger partial charge in [0.05, 0.1) is 12.2 Å². The van der Waals surface area contributed by atoms with Crippen LogP contribution >= 0.6 is 0 Å². The fourth-order valence-electron chi connectivity index (χ4n) is 2.48. The minimum atomic E-state index is -0.461. The summed E-state index contributed by atoms with van der Waals surface area (Å²) in [5.41, 5.74) is 2.04. The second-order valence-electron chi connectivity index (χ2n) is 4.69. The first kappa shape index (κ1) is 11.5. The third-order valence-electron chi connectivity index (χ3n) is 3.30. The van der Waals surface area contributed by atoms with Crippen LogP contribution in [0.1, 0.15) is 49.8 Å². The lowest BCUT2D eigenvalue weighted by atomic mass is 10.0. The number of rotatable bonds is 3. The fraction of sp³-hybridized carbons (Fsp3) is 0.571. The quantitative estimate of drug-likeness (QED) is 0.846. The topological polar surface area (TPSA) is 29.5 Å². The van der Waals surface area contributed by atoms with Gasteiger partial charge in [-0.3, -0.25) is 0 Å². The SMILES string of the molecule is Cc1cccc(OC2CCCC2)c1C(C)O. The number of hydrogen-bond donors (Lipinski definition) is 1. The van der Waals surface area contributed by atoms with Crippen LogP contribution in [0.3, 0.4) is 0 Å². The lowest BCUT2D eigenvalue weighted by molar-refractivity contribution is 0.173. The summed E-state index contributed by atoms with van der Waals surface area (Å²) < 4.78 is 5.99. The van der Waals surface area contributed by atoms with E-state index in [1.54, 1.807) is 6.92 Å². The Balaban J connectivity index is 2.21. The monoisotopic (exact) mass is 220 g/mol. The van der Waals surface area contributed by atoms with Crippen molar-refractivity contribution in [2.24, 2.45) is 0 Å². The molecule has 1 aliphatic rings. The van der Waals surface area contributed by atoms with Crippen LogP contribution in [0.2, 0.25) is 0 Å². The van der Waals surface area contributed by atoms with Gasteiger partial charge in [-0.2, -0.15) is 0 Å². The van der Waals surface area contributed by atoms with Crippen molar-refractivity contribution in [1.29, 1.82) is 0 Å². The van der Waals surface area contributed by atoms with E-state index < -0.39 is 6.10 Å². The first-order valence-electron chi connectivity index (χ1n) is 6.12. The Labute approximate surface area is 97.3 Å². The van der Waals surface area contributed by atoms with E-state index in [1.165, 1.54) is 12.8 Å². The molecule has 0 bridgehead atoms. The van der Waals surface area contributed by atoms with Gasteiger partial charge in [-0.15, -0.1) is 0 Å². The van der Waals surface area contributed by atoms with Gasteiger partial charge >= 0.3 is 0 Å². The van der Waals surface area contributed by atoms with E-state index in [2.05, 4.69) is 0 Å². The molecule has 0 heterocycles. The lowest BCUT2D eigenvalue weighted by Crippen LogP contribution is -2.13. The highest BCUT2D eigenvalue weighted by atomic mass is 16.5. The molecule has 1 fully saturated rings. The summed E-state index contributed by atoms with van der Waals surface area (Å²) in [6.45, 7) is 3.81. The molecule has 2 rings (SSSR count). The summed E-state index contributed by atoms with van der Waals surface area (Å²) in [7, 11) is 0. The average Bonchev–Trinajstić information content (AvgIpc) is 2.70. The molecule has 1 aromatic carbocycles. The van der Waals surface area contributed by atoms with Crippen molar-refractivity contribution in [3.05, 3.63) is 29.3 Å². The number of ether oxygens (including phenoxy) is 1. The van der Waals surface area contributed by atoms with Crippen molar-refractivity contribution in [2.45, 2.75) is 51.7 Å². The standard InChI is InChI=1S/C14H20O2/c1-10-6-5-9-13(14(10)11(2)15)16-12-7-3-4-8-12/h5-6,9,11-12,15H,3-4,7-8H2,1-2H3. The van der Waals surface area contributed by atoms with Crippen LogP contribution < -0.4 is 4.74 Å². The van der Waals surface area contributed by atoms with Gasteiger partial charge < -0.3 is 9.84 Å². The van der Waals surface area contributed by atoms with Crippen molar-refractivity contribution in [2.75, 3.05) is 0 Å². The van der Waals surface area contributed by atoms with Gasteiger partial charge in [-0.1, -0.05) is 12.1 Å². The van der Waals surface area contributed by atoms with E-state index in [0.717, 1.165) is 29.7 Å². The molecule has 0 aliphatic heterocycles. The molecule has 0 radical (unpaired) electrons. The van der Waals surface area contributed by atoms with Crippen molar-refractivity contribution in [3.8, 4) is 5.75 Å². The molecule has 0 saturated heterocycles. The first-order chi connectivity index (χ1) is 7.68. The molecule has 1 aromatic rings. The Kier molecular flexibility index (Phi) is 3.49. The van der Waals surface area contributed by atoms with Crippen LogP contribution in [0.4, 0.5) is 0 Å². The molecular weight excluding hydrogens is 200 g/mol. The Morgan fingerprint density at radius 2 is 2.00 bits per heavy atom. The van der Waals surface area contributed by atoms with Gasteiger partial charge in [-0.05, 0) is 51.2 Å². The molecule has 2 heteroatoms. The Morgan fingerprint density at radius 1 is 1.31 bits per heavy atom. The minimum absolute atomic E-state index is 0.347. The molecule has 0 amide bonds. The van der Waals surface area contributed by atoms with E-state index in [-0.39, 0.29) is 0 Å². The second-order valence-corrected chi connectivity index (χ2v) is 4.69. The molecule has 16 heavy (non-hydrogen) atoms. The molecule has 1 aliphatic carbocycles. The van der Waals surface area contributed by atoms with Crippen molar-refractivity contribution in [3.63, 3.8) is 0 Å². The molecule has 1 N–H and O–H groups in total. The number of aliphatic hydroxyl groups excluding tert-OH is 1. The molecule has 0 spiro atoms. The highest BCUT2D eigenvalue weighted by molar-refractivity contribution is 5.41. The Bertz CT molecular complexity index is 352. The van der Waals surface area contributed by atoms with E-state index in [1.807, 2.05) is 25.1 Å². The number of aryl methyl sites for hydroxylation is 1. The Morgan fingerprint density at radius 3 is 2.62 bits per heavy atom. The van der Waals surface area contributed by atoms with Crippen molar-refractivity contribution < 1.29 is 9.84 Å². The van der Waals surface area contributed by atoms with Gasteiger partial charge in [0.15, 0.2) is 0 Å². The van der Waals surface area contributed by atoms with E-state index in [4.69, 9.17) is 4.74 Å². The van der Waals surface area contributed by atoms with Crippen LogP contribution in [0, 0.1) is 6.92 Å². The smallest absolute Gasteiger partial charge is 0.125 e. The summed E-state index contributed by atoms with van der Waals surface area (Å²) in [6, 6.07) is 5.97. The van der Waals surface area contributed by atoms with Crippen molar-refractivity contribution >= 4 is 0 Å². The highest BCUT2D eigenvalue weighted by Crippen LogP contribution is 2.31. The normalized spacial score (nSPS) is 18.7. The molecule has 1 atom stereocenters. The van der Waals surface area contributed by atoms with Gasteiger partial charge in [-0.25, -0.2) is 0 Å². The predicted octanol–water partition coefficient (Wildman–Crippen LogP) is 3.37. The molecule has 1 unspecified atom stereocenters. The largest absolute Gasteiger partial charge is 0.490 e. The van der Waals surface area contributed by atoms with E-state index in [9.17, 15) is 5.11 Å².